The van der Waals surface area contributed by atoms with Gasteiger partial charge in [0.05, 0.1) is 0 Å². The van der Waals surface area contributed by atoms with E-state index in [-0.39, 0.29) is 0 Å². The lowest BCUT2D eigenvalue weighted by Gasteiger charge is -2.13. The molecule has 0 saturated carbocycles. The Morgan fingerprint density at radius 2 is 1.68 bits per heavy atom. The number of ketones is 1. The van der Waals surface area contributed by atoms with Gasteiger partial charge in [0.15, 0.2) is 5.75 Å². The van der Waals surface area contributed by atoms with E-state index in [0.717, 1.165) is 16.7 Å². The van der Waals surface area contributed by atoms with E-state index in [9.17, 15) is 4.79 Å². The molecule has 0 unspecified atom stereocenters. The lowest BCUT2D eigenvalue weighted by Crippen LogP contribution is -2.25. The molecule has 0 bridgehead atoms. The summed E-state index contributed by atoms with van der Waals surface area (Å²) in [5.74, 6) is 3.61. The summed E-state index contributed by atoms with van der Waals surface area (Å²) in [4.78, 5) is 12.5. The van der Waals surface area contributed by atoms with Crippen LogP contribution >= 0.6 is 0 Å². The minimum atomic E-state index is 0.332. The maximum absolute atomic E-state index is 12.5. The molecule has 1 saturated heterocycles. The molecule has 1 fully saturated rings. The summed E-state index contributed by atoms with van der Waals surface area (Å²) in [5, 5.41) is 2.27. The number of carbonyl (C=O) groups is 1. The SMILES string of the molecule is O=C(C[S+]1CCCCC1)c1cccc2ccccc12. The Hall–Kier alpha value is -1.28. The highest BCUT2D eigenvalue weighted by Crippen LogP contribution is 2.21. The first-order valence-electron chi connectivity index (χ1n) is 7.00. The van der Waals surface area contributed by atoms with Crippen molar-refractivity contribution in [3.8, 4) is 0 Å². The average molecular weight is 271 g/mol. The monoisotopic (exact) mass is 271 g/mol. The summed E-state index contributed by atoms with van der Waals surface area (Å²) in [6.45, 7) is 0. The van der Waals surface area contributed by atoms with Crippen LogP contribution in [0.1, 0.15) is 29.6 Å². The third-order valence-corrected chi connectivity index (χ3v) is 6.19. The highest BCUT2D eigenvalue weighted by Gasteiger charge is 2.26. The van der Waals surface area contributed by atoms with Crippen LogP contribution in [0.4, 0.5) is 0 Å². The number of fused-ring (bicyclic) bond motifs is 1. The van der Waals surface area contributed by atoms with E-state index in [1.165, 1.54) is 36.2 Å². The Labute approximate surface area is 117 Å². The van der Waals surface area contributed by atoms with Crippen LogP contribution in [0, 0.1) is 0 Å². The number of rotatable bonds is 3. The van der Waals surface area contributed by atoms with Gasteiger partial charge in [-0.25, -0.2) is 0 Å². The molecule has 1 aliphatic heterocycles. The van der Waals surface area contributed by atoms with Crippen LogP contribution in [-0.4, -0.2) is 23.0 Å². The average Bonchev–Trinajstić information content (AvgIpc) is 2.47. The van der Waals surface area contributed by atoms with Crippen molar-refractivity contribution in [3.05, 3.63) is 48.0 Å². The Morgan fingerprint density at radius 1 is 0.947 bits per heavy atom. The van der Waals surface area contributed by atoms with Gasteiger partial charge in [-0.05, 0) is 40.9 Å². The van der Waals surface area contributed by atoms with Gasteiger partial charge >= 0.3 is 0 Å². The van der Waals surface area contributed by atoms with Crippen LogP contribution in [0.3, 0.4) is 0 Å². The number of hydrogen-bond donors (Lipinski definition) is 0. The topological polar surface area (TPSA) is 17.1 Å². The van der Waals surface area contributed by atoms with Crippen LogP contribution in [0.2, 0.25) is 0 Å². The van der Waals surface area contributed by atoms with E-state index in [4.69, 9.17) is 0 Å². The first-order valence-corrected chi connectivity index (χ1v) is 8.73. The van der Waals surface area contributed by atoms with E-state index < -0.39 is 0 Å². The van der Waals surface area contributed by atoms with Crippen molar-refractivity contribution in [1.82, 2.24) is 0 Å². The van der Waals surface area contributed by atoms with E-state index in [1.807, 2.05) is 24.3 Å². The highest BCUT2D eigenvalue weighted by molar-refractivity contribution is 7.97. The van der Waals surface area contributed by atoms with Gasteiger partial charge in [-0.2, -0.15) is 0 Å². The Kier molecular flexibility index (Phi) is 3.88. The smallest absolute Gasteiger partial charge is 0.212 e. The summed E-state index contributed by atoms with van der Waals surface area (Å²) < 4.78 is 0. The fourth-order valence-corrected chi connectivity index (χ4v) is 5.01. The van der Waals surface area contributed by atoms with E-state index in [1.54, 1.807) is 0 Å². The van der Waals surface area contributed by atoms with Crippen molar-refractivity contribution in [2.24, 2.45) is 0 Å². The molecular weight excluding hydrogens is 252 g/mol. The summed E-state index contributed by atoms with van der Waals surface area (Å²) in [6, 6.07) is 14.2. The minimum absolute atomic E-state index is 0.332. The molecule has 0 radical (unpaired) electrons. The molecule has 2 heteroatoms. The lowest BCUT2D eigenvalue weighted by molar-refractivity contribution is 0.102. The van der Waals surface area contributed by atoms with Gasteiger partial charge in [-0.15, -0.1) is 0 Å². The Morgan fingerprint density at radius 3 is 2.53 bits per heavy atom. The fraction of sp³-hybridized carbons (Fsp3) is 0.353. The zero-order valence-electron chi connectivity index (χ0n) is 11.1. The van der Waals surface area contributed by atoms with E-state index >= 15 is 0 Å². The molecule has 1 nitrogen and oxygen atoms in total. The maximum atomic E-state index is 12.5. The Bertz CT molecular complexity index is 579. The lowest BCUT2D eigenvalue weighted by atomic mass is 10.0. The molecule has 2 aromatic rings. The van der Waals surface area contributed by atoms with Gasteiger partial charge in [0.25, 0.3) is 0 Å². The molecule has 1 heterocycles. The van der Waals surface area contributed by atoms with Crippen LogP contribution in [0.25, 0.3) is 10.8 Å². The summed E-state index contributed by atoms with van der Waals surface area (Å²) in [5.41, 5.74) is 0.913. The second kappa shape index (κ2) is 5.79. The number of Topliss-reactive ketones (excluding diaryl/α,β-unsaturated/α-hetero) is 1. The predicted octanol–water partition coefficient (Wildman–Crippen LogP) is 3.82. The van der Waals surface area contributed by atoms with Gasteiger partial charge in [-0.3, -0.25) is 4.79 Å². The molecule has 0 atom stereocenters. The van der Waals surface area contributed by atoms with Gasteiger partial charge < -0.3 is 0 Å². The van der Waals surface area contributed by atoms with Crippen molar-refractivity contribution in [2.75, 3.05) is 17.3 Å². The maximum Gasteiger partial charge on any atom is 0.212 e. The first kappa shape index (κ1) is 12.7. The molecule has 0 N–H and O–H groups in total. The zero-order chi connectivity index (χ0) is 13.1. The summed E-state index contributed by atoms with van der Waals surface area (Å²) in [6.07, 6.45) is 3.98. The molecule has 0 spiro atoms. The quantitative estimate of drug-likeness (QED) is 0.612. The molecule has 0 aromatic heterocycles. The van der Waals surface area contributed by atoms with Crippen molar-refractivity contribution < 1.29 is 4.79 Å². The number of carbonyl (C=O) groups excluding carboxylic acids is 1. The highest BCUT2D eigenvalue weighted by atomic mass is 32.2. The zero-order valence-corrected chi connectivity index (χ0v) is 11.9. The fourth-order valence-electron chi connectivity index (χ4n) is 2.77. The van der Waals surface area contributed by atoms with Gasteiger partial charge in [0, 0.05) is 5.56 Å². The molecule has 0 amide bonds. The summed E-state index contributed by atoms with van der Waals surface area (Å²) in [7, 11) is 0.332. The van der Waals surface area contributed by atoms with Crippen molar-refractivity contribution in [2.45, 2.75) is 19.3 Å². The van der Waals surface area contributed by atoms with Crippen LogP contribution in [0.5, 0.6) is 0 Å². The molecule has 2 aromatic carbocycles. The minimum Gasteiger partial charge on any atom is -0.289 e. The standard InChI is InChI=1S/C17H19OS/c18-17(13-19-11-4-1-5-12-19)16-10-6-8-14-7-2-3-9-15(14)16/h2-3,6-10H,1,4-5,11-13H2/q+1. The van der Waals surface area contributed by atoms with Gasteiger partial charge in [-0.1, -0.05) is 42.5 Å². The van der Waals surface area contributed by atoms with Crippen molar-refractivity contribution >= 4 is 27.5 Å². The Balaban J connectivity index is 1.85. The number of hydrogen-bond acceptors (Lipinski definition) is 1. The number of benzene rings is 2. The summed E-state index contributed by atoms with van der Waals surface area (Å²) >= 11 is 0. The predicted molar refractivity (Wildman–Crippen MR) is 84.1 cm³/mol. The molecule has 19 heavy (non-hydrogen) atoms. The second-order valence-electron chi connectivity index (χ2n) is 5.18. The molecular formula is C17H19OS+. The molecule has 1 aliphatic rings. The van der Waals surface area contributed by atoms with E-state index in [0.29, 0.717) is 16.7 Å². The molecule has 0 aliphatic carbocycles. The normalized spacial score (nSPS) is 16.6. The van der Waals surface area contributed by atoms with E-state index in [2.05, 4.69) is 18.2 Å². The molecule has 98 valence electrons. The van der Waals surface area contributed by atoms with Crippen LogP contribution in [0.15, 0.2) is 42.5 Å². The van der Waals surface area contributed by atoms with Crippen LogP contribution in [-0.2, 0) is 10.9 Å². The van der Waals surface area contributed by atoms with Crippen LogP contribution < -0.4 is 0 Å². The largest absolute Gasteiger partial charge is 0.289 e. The second-order valence-corrected chi connectivity index (χ2v) is 7.51. The third-order valence-electron chi connectivity index (χ3n) is 3.79. The third kappa shape index (κ3) is 2.84. The van der Waals surface area contributed by atoms with Crippen molar-refractivity contribution in [1.29, 1.82) is 0 Å². The van der Waals surface area contributed by atoms with Gasteiger partial charge in [0.2, 0.25) is 5.78 Å². The molecule has 3 rings (SSSR count). The van der Waals surface area contributed by atoms with Gasteiger partial charge in [0.1, 0.15) is 11.5 Å². The van der Waals surface area contributed by atoms with Crippen molar-refractivity contribution in [3.63, 3.8) is 0 Å². The first-order chi connectivity index (χ1) is 9.34.